The van der Waals surface area contributed by atoms with Gasteiger partial charge in [-0.3, -0.25) is 0 Å². The molecule has 0 amide bonds. The molecular formula is C11H13N5O2. The molecule has 0 aliphatic carbocycles. The fraction of sp³-hybridized carbons (Fsp3) is 0.364. The van der Waals surface area contributed by atoms with Gasteiger partial charge in [0.2, 0.25) is 0 Å². The Kier molecular flexibility index (Phi) is 3.31. The van der Waals surface area contributed by atoms with Crippen molar-refractivity contribution in [1.29, 1.82) is 0 Å². The molecule has 0 saturated heterocycles. The lowest BCUT2D eigenvalue weighted by atomic mass is 10.3. The molecule has 0 aliphatic rings. The lowest BCUT2D eigenvalue weighted by Crippen LogP contribution is -2.14. The summed E-state index contributed by atoms with van der Waals surface area (Å²) in [5.74, 6) is 0.490. The monoisotopic (exact) mass is 247 g/mol. The highest BCUT2D eigenvalue weighted by Crippen LogP contribution is 2.07. The summed E-state index contributed by atoms with van der Waals surface area (Å²) in [6.45, 7) is 7.27. The third kappa shape index (κ3) is 2.06. The summed E-state index contributed by atoms with van der Waals surface area (Å²) in [5.41, 5.74) is 0.693. The van der Waals surface area contributed by atoms with Crippen LogP contribution in [-0.4, -0.2) is 37.4 Å². The van der Waals surface area contributed by atoms with Crippen LogP contribution >= 0.6 is 0 Å². The van der Waals surface area contributed by atoms with Crippen molar-refractivity contribution in [1.82, 2.24) is 24.8 Å². The van der Waals surface area contributed by atoms with Crippen LogP contribution in [0.25, 0.3) is 5.78 Å². The van der Waals surface area contributed by atoms with E-state index in [-0.39, 0.29) is 12.3 Å². The van der Waals surface area contributed by atoms with E-state index in [9.17, 15) is 4.79 Å². The summed E-state index contributed by atoms with van der Waals surface area (Å²) < 4.78 is 6.42. The maximum atomic E-state index is 11.7. The number of hydrogen-bond donors (Lipinski definition) is 0. The second-order valence-corrected chi connectivity index (χ2v) is 3.61. The predicted molar refractivity (Wildman–Crippen MR) is 63.2 cm³/mol. The minimum atomic E-state index is -0.546. The first-order valence-electron chi connectivity index (χ1n) is 5.54. The van der Waals surface area contributed by atoms with Gasteiger partial charge in [-0.15, -0.1) is 15.3 Å². The van der Waals surface area contributed by atoms with Crippen molar-refractivity contribution >= 4 is 11.7 Å². The molecule has 94 valence electrons. The van der Waals surface area contributed by atoms with Gasteiger partial charge in [-0.2, -0.15) is 9.50 Å². The Labute approximate surface area is 104 Å². The van der Waals surface area contributed by atoms with E-state index in [1.807, 2.05) is 6.92 Å². The molecule has 2 heterocycles. The average Bonchev–Trinajstić information content (AvgIpc) is 2.80. The summed E-state index contributed by atoms with van der Waals surface area (Å²) in [5, 5.41) is 11.9. The van der Waals surface area contributed by atoms with Crippen LogP contribution in [0.4, 0.5) is 0 Å². The molecule has 0 bridgehead atoms. The predicted octanol–water partition coefficient (Wildman–Crippen LogP) is 0.733. The van der Waals surface area contributed by atoms with Crippen LogP contribution in [0, 0.1) is 6.92 Å². The van der Waals surface area contributed by atoms with Gasteiger partial charge in [0.15, 0.2) is 11.5 Å². The van der Waals surface area contributed by atoms with Gasteiger partial charge in [-0.25, -0.2) is 4.79 Å². The SMILES string of the molecule is C=CCOC(=O)c1nnc2nc(CC)nn2c1C. The van der Waals surface area contributed by atoms with E-state index in [0.29, 0.717) is 23.7 Å². The first kappa shape index (κ1) is 12.2. The molecule has 2 rings (SSSR count). The molecule has 0 aromatic carbocycles. The Morgan fingerprint density at radius 1 is 1.50 bits per heavy atom. The molecule has 7 nitrogen and oxygen atoms in total. The molecule has 0 N–H and O–H groups in total. The number of aryl methyl sites for hydroxylation is 2. The van der Waals surface area contributed by atoms with Crippen molar-refractivity contribution in [2.75, 3.05) is 6.61 Å². The Morgan fingerprint density at radius 2 is 2.28 bits per heavy atom. The molecule has 18 heavy (non-hydrogen) atoms. The number of hydrogen-bond acceptors (Lipinski definition) is 6. The normalized spacial score (nSPS) is 10.6. The minimum Gasteiger partial charge on any atom is -0.457 e. The molecule has 2 aromatic heterocycles. The number of nitrogens with zero attached hydrogens (tertiary/aromatic N) is 5. The number of carbonyl (C=O) groups is 1. The number of aromatic nitrogens is 5. The van der Waals surface area contributed by atoms with Crippen molar-refractivity contribution in [3.05, 3.63) is 29.9 Å². The smallest absolute Gasteiger partial charge is 0.361 e. The lowest BCUT2D eigenvalue weighted by molar-refractivity contribution is 0.0539. The zero-order valence-corrected chi connectivity index (χ0v) is 10.3. The molecule has 0 unspecified atom stereocenters. The van der Waals surface area contributed by atoms with E-state index >= 15 is 0 Å². The molecule has 7 heteroatoms. The van der Waals surface area contributed by atoms with Gasteiger partial charge in [0.25, 0.3) is 5.78 Å². The first-order valence-corrected chi connectivity index (χ1v) is 5.54. The standard InChI is InChI=1S/C11H13N5O2/c1-4-6-18-10(17)9-7(3)16-11(14-13-9)12-8(5-2)15-16/h4H,1,5-6H2,2-3H3. The number of esters is 1. The van der Waals surface area contributed by atoms with Crippen LogP contribution < -0.4 is 0 Å². The topological polar surface area (TPSA) is 82.3 Å². The third-order valence-corrected chi connectivity index (χ3v) is 2.38. The van der Waals surface area contributed by atoms with Gasteiger partial charge in [0.1, 0.15) is 6.61 Å². The molecule has 0 saturated carbocycles. The van der Waals surface area contributed by atoms with Crippen LogP contribution in [0.1, 0.15) is 28.9 Å². The third-order valence-electron chi connectivity index (χ3n) is 2.38. The average molecular weight is 247 g/mol. The zero-order valence-electron chi connectivity index (χ0n) is 10.3. The quantitative estimate of drug-likeness (QED) is 0.585. The first-order chi connectivity index (χ1) is 8.67. The summed E-state index contributed by atoms with van der Waals surface area (Å²) in [6.07, 6.45) is 2.18. The van der Waals surface area contributed by atoms with Crippen molar-refractivity contribution in [2.24, 2.45) is 0 Å². The van der Waals surface area contributed by atoms with Crippen molar-refractivity contribution in [2.45, 2.75) is 20.3 Å². The molecular weight excluding hydrogens is 234 g/mol. The molecule has 0 radical (unpaired) electrons. The molecule has 2 aromatic rings. The van der Waals surface area contributed by atoms with E-state index < -0.39 is 5.97 Å². The van der Waals surface area contributed by atoms with E-state index in [1.54, 1.807) is 6.92 Å². The Morgan fingerprint density at radius 3 is 2.94 bits per heavy atom. The number of rotatable bonds is 4. The Balaban J connectivity index is 2.43. The summed E-state index contributed by atoms with van der Waals surface area (Å²) in [4.78, 5) is 15.9. The molecule has 0 aliphatic heterocycles. The Hall–Kier alpha value is -2.31. The lowest BCUT2D eigenvalue weighted by Gasteiger charge is -2.04. The largest absolute Gasteiger partial charge is 0.457 e. The van der Waals surface area contributed by atoms with E-state index in [0.717, 1.165) is 0 Å². The zero-order chi connectivity index (χ0) is 13.1. The van der Waals surface area contributed by atoms with E-state index in [4.69, 9.17) is 4.74 Å². The van der Waals surface area contributed by atoms with Crippen molar-refractivity contribution < 1.29 is 9.53 Å². The highest BCUT2D eigenvalue weighted by molar-refractivity contribution is 5.88. The number of carbonyl (C=O) groups excluding carboxylic acids is 1. The van der Waals surface area contributed by atoms with Gasteiger partial charge in [0.05, 0.1) is 5.69 Å². The fourth-order valence-corrected chi connectivity index (χ4v) is 1.44. The van der Waals surface area contributed by atoms with Crippen molar-refractivity contribution in [3.8, 4) is 0 Å². The minimum absolute atomic E-state index is 0.134. The van der Waals surface area contributed by atoms with Gasteiger partial charge in [0, 0.05) is 6.42 Å². The maximum Gasteiger partial charge on any atom is 0.361 e. The Bertz CT molecular complexity index is 605. The highest BCUT2D eigenvalue weighted by atomic mass is 16.5. The molecule has 0 atom stereocenters. The van der Waals surface area contributed by atoms with Crippen molar-refractivity contribution in [3.63, 3.8) is 0 Å². The molecule has 0 fully saturated rings. The van der Waals surface area contributed by atoms with Crippen LogP contribution in [0.5, 0.6) is 0 Å². The second-order valence-electron chi connectivity index (χ2n) is 3.61. The van der Waals surface area contributed by atoms with E-state index in [2.05, 4.69) is 26.9 Å². The van der Waals surface area contributed by atoms with Crippen LogP contribution in [0.3, 0.4) is 0 Å². The van der Waals surface area contributed by atoms with E-state index in [1.165, 1.54) is 10.6 Å². The van der Waals surface area contributed by atoms with Gasteiger partial charge >= 0.3 is 5.97 Å². The summed E-state index contributed by atoms with van der Waals surface area (Å²) in [7, 11) is 0. The number of fused-ring (bicyclic) bond motifs is 1. The van der Waals surface area contributed by atoms with Gasteiger partial charge in [-0.1, -0.05) is 19.6 Å². The summed E-state index contributed by atoms with van der Waals surface area (Å²) in [6, 6.07) is 0. The number of ether oxygens (including phenoxy) is 1. The van der Waals surface area contributed by atoms with Gasteiger partial charge < -0.3 is 4.74 Å². The fourth-order valence-electron chi connectivity index (χ4n) is 1.44. The molecule has 0 spiro atoms. The summed E-state index contributed by atoms with van der Waals surface area (Å²) >= 11 is 0. The van der Waals surface area contributed by atoms with Gasteiger partial charge in [-0.05, 0) is 6.92 Å². The maximum absolute atomic E-state index is 11.7. The second kappa shape index (κ2) is 4.91. The van der Waals surface area contributed by atoms with Crippen LogP contribution in [0.15, 0.2) is 12.7 Å². The van der Waals surface area contributed by atoms with Crippen LogP contribution in [-0.2, 0) is 11.2 Å². The van der Waals surface area contributed by atoms with Crippen LogP contribution in [0.2, 0.25) is 0 Å². The highest BCUT2D eigenvalue weighted by Gasteiger charge is 2.17.